The number of aromatic nitrogens is 1. The Balaban J connectivity index is 3.25. The third-order valence-electron chi connectivity index (χ3n) is 2.13. The van der Waals surface area contributed by atoms with Crippen molar-refractivity contribution in [1.82, 2.24) is 4.98 Å². The van der Waals surface area contributed by atoms with Gasteiger partial charge < -0.3 is 0 Å². The maximum atomic E-state index is 4.43. The molecule has 2 radical (unpaired) electrons. The molecule has 0 fully saturated rings. The molecule has 0 unspecified atom stereocenters. The first-order valence-electron chi connectivity index (χ1n) is 3.77. The van der Waals surface area contributed by atoms with E-state index in [-0.39, 0.29) is 21.1 Å². The molecular weight excluding hydrogens is 241 g/mol. The van der Waals surface area contributed by atoms with Gasteiger partial charge in [0.05, 0.1) is 0 Å². The summed E-state index contributed by atoms with van der Waals surface area (Å²) in [4.78, 5) is 6.75. The molecule has 1 heterocycles. The van der Waals surface area contributed by atoms with Crippen molar-refractivity contribution < 1.29 is 0 Å². The van der Waals surface area contributed by atoms with E-state index in [2.05, 4.69) is 30.7 Å². The Morgan fingerprint density at radius 1 is 1.18 bits per heavy atom. The minimum absolute atomic E-state index is 0.337. The number of aryl methyl sites for hydroxylation is 1. The molecule has 1 rings (SSSR count). The van der Waals surface area contributed by atoms with Gasteiger partial charge in [0.15, 0.2) is 0 Å². The van der Waals surface area contributed by atoms with E-state index >= 15 is 0 Å². The van der Waals surface area contributed by atoms with Gasteiger partial charge in [-0.2, -0.15) is 0 Å². The summed E-state index contributed by atoms with van der Waals surface area (Å²) in [7, 11) is 0. The van der Waals surface area contributed by atoms with Crippen molar-refractivity contribution in [3.63, 3.8) is 0 Å². The summed E-state index contributed by atoms with van der Waals surface area (Å²) in [5, 5.41) is 0. The van der Waals surface area contributed by atoms with Crippen molar-refractivity contribution in [3.05, 3.63) is 22.9 Å². The molecule has 1 nitrogen and oxygen atoms in total. The Labute approximate surface area is 78.5 Å². The molecule has 0 amide bonds. The normalized spacial score (nSPS) is 10.2. The van der Waals surface area contributed by atoms with Gasteiger partial charge in [-0.3, -0.25) is 0 Å². The van der Waals surface area contributed by atoms with Crippen LogP contribution in [0.5, 0.6) is 0 Å². The van der Waals surface area contributed by atoms with Gasteiger partial charge in [0.1, 0.15) is 0 Å². The minimum atomic E-state index is -0.337. The summed E-state index contributed by atoms with van der Waals surface area (Å²) in [6, 6.07) is 0. The van der Waals surface area contributed by atoms with Crippen LogP contribution in [0.1, 0.15) is 16.7 Å². The summed E-state index contributed by atoms with van der Waals surface area (Å²) in [5.74, 6) is 0. The van der Waals surface area contributed by atoms with Gasteiger partial charge in [-0.25, -0.2) is 0 Å². The van der Waals surface area contributed by atoms with Crippen LogP contribution in [-0.4, -0.2) is 26.1 Å². The molecule has 0 atom stereocenters. The van der Waals surface area contributed by atoms with E-state index in [0.29, 0.717) is 0 Å². The van der Waals surface area contributed by atoms with Crippen molar-refractivity contribution >= 4 is 24.9 Å². The van der Waals surface area contributed by atoms with Crippen molar-refractivity contribution in [1.29, 1.82) is 0 Å². The zero-order valence-corrected chi connectivity index (χ0v) is 10.4. The monoisotopic (exact) mass is 255 g/mol. The van der Waals surface area contributed by atoms with Crippen LogP contribution < -0.4 is 3.71 Å². The number of rotatable bonds is 1. The van der Waals surface area contributed by atoms with E-state index in [1.807, 2.05) is 6.20 Å². The summed E-state index contributed by atoms with van der Waals surface area (Å²) < 4.78 is 1.40. The Bertz CT molecular complexity index is 269. The summed E-state index contributed by atoms with van der Waals surface area (Å²) in [5.41, 5.74) is 4.18. The zero-order valence-electron chi connectivity index (χ0n) is 7.52. The second kappa shape index (κ2) is 3.57. The molecule has 0 spiro atoms. The third-order valence-corrected chi connectivity index (χ3v) is 4.92. The van der Waals surface area contributed by atoms with Crippen LogP contribution in [0.3, 0.4) is 0 Å². The average molecular weight is 254 g/mol. The zero-order chi connectivity index (χ0) is 8.43. The van der Waals surface area contributed by atoms with E-state index in [0.717, 1.165) is 0 Å². The van der Waals surface area contributed by atoms with Gasteiger partial charge in [-0.05, 0) is 0 Å². The van der Waals surface area contributed by atoms with Gasteiger partial charge in [0, 0.05) is 0 Å². The van der Waals surface area contributed by atoms with E-state index in [1.165, 1.54) is 20.4 Å². The molecule has 0 aliphatic heterocycles. The number of hydrogen-bond acceptors (Lipinski definition) is 1. The second-order valence-electron chi connectivity index (χ2n) is 2.79. The second-order valence-corrected chi connectivity index (χ2v) is 5.57. The first kappa shape index (κ1) is 9.04. The van der Waals surface area contributed by atoms with Crippen LogP contribution in [-0.2, 0) is 0 Å². The van der Waals surface area contributed by atoms with E-state index in [1.54, 1.807) is 0 Å². The molecule has 1 aromatic heterocycles. The average Bonchev–Trinajstić information content (AvgIpc) is 2.01. The van der Waals surface area contributed by atoms with E-state index < -0.39 is 0 Å². The maximum absolute atomic E-state index is 4.43. The van der Waals surface area contributed by atoms with Gasteiger partial charge in [-0.15, -0.1) is 0 Å². The standard InChI is InChI=1S/C8H10N.CH3.Sn/c1-6-4-9-5-7(2)8(6)3;;/h4H,1-3H3;1H3;. The fraction of sp³-hybridized carbons (Fsp3) is 0.444. The summed E-state index contributed by atoms with van der Waals surface area (Å²) in [6.45, 7) is 6.50. The molecule has 0 bridgehead atoms. The van der Waals surface area contributed by atoms with Crippen molar-refractivity contribution in [2.24, 2.45) is 0 Å². The molecule has 0 saturated heterocycles. The Morgan fingerprint density at radius 2 is 1.82 bits per heavy atom. The van der Waals surface area contributed by atoms with Crippen LogP contribution in [0.2, 0.25) is 4.94 Å². The molecule has 0 aromatic carbocycles. The van der Waals surface area contributed by atoms with E-state index in [9.17, 15) is 0 Å². The number of nitrogens with zero attached hydrogens (tertiary/aromatic N) is 1. The quantitative estimate of drug-likeness (QED) is 0.690. The van der Waals surface area contributed by atoms with Crippen molar-refractivity contribution in [2.75, 3.05) is 0 Å². The molecule has 0 aliphatic carbocycles. The van der Waals surface area contributed by atoms with Crippen molar-refractivity contribution in [2.45, 2.75) is 25.7 Å². The first-order chi connectivity index (χ1) is 5.16. The molecule has 2 heteroatoms. The summed E-state index contributed by atoms with van der Waals surface area (Å²) in [6.07, 6.45) is 2.00. The van der Waals surface area contributed by atoms with Gasteiger partial charge in [0.2, 0.25) is 0 Å². The summed E-state index contributed by atoms with van der Waals surface area (Å²) >= 11 is -0.337. The number of pyridine rings is 1. The fourth-order valence-corrected chi connectivity index (χ4v) is 3.24. The SMILES string of the molecule is [CH3][Sn][c]1ncc(C)c(C)c1C. The Kier molecular flexibility index (Phi) is 2.93. The third kappa shape index (κ3) is 1.75. The van der Waals surface area contributed by atoms with Gasteiger partial charge in [0.25, 0.3) is 0 Å². The van der Waals surface area contributed by atoms with Gasteiger partial charge >= 0.3 is 78.4 Å². The molecule has 0 N–H and O–H groups in total. The van der Waals surface area contributed by atoms with Crippen LogP contribution in [0.25, 0.3) is 0 Å². The molecule has 58 valence electrons. The number of hydrogen-bond donors (Lipinski definition) is 0. The molecular formula is C9H13NSn. The van der Waals surface area contributed by atoms with Crippen LogP contribution in [0.15, 0.2) is 6.20 Å². The Hall–Kier alpha value is -0.0513. The fourth-order valence-electron chi connectivity index (χ4n) is 1.08. The topological polar surface area (TPSA) is 12.9 Å². The predicted octanol–water partition coefficient (Wildman–Crippen LogP) is 1.38. The Morgan fingerprint density at radius 3 is 2.36 bits per heavy atom. The van der Waals surface area contributed by atoms with Crippen molar-refractivity contribution in [3.8, 4) is 0 Å². The van der Waals surface area contributed by atoms with Gasteiger partial charge in [-0.1, -0.05) is 0 Å². The van der Waals surface area contributed by atoms with Crippen LogP contribution >= 0.6 is 0 Å². The molecule has 11 heavy (non-hydrogen) atoms. The predicted molar refractivity (Wildman–Crippen MR) is 49.7 cm³/mol. The molecule has 0 saturated carbocycles. The first-order valence-corrected chi connectivity index (χ1v) is 8.05. The molecule has 0 aliphatic rings. The van der Waals surface area contributed by atoms with Crippen LogP contribution in [0, 0.1) is 20.8 Å². The van der Waals surface area contributed by atoms with Crippen LogP contribution in [0.4, 0.5) is 0 Å². The molecule has 1 aromatic rings. The van der Waals surface area contributed by atoms with E-state index in [4.69, 9.17) is 0 Å².